The molecule has 3 aromatic carbocycles. The summed E-state index contributed by atoms with van der Waals surface area (Å²) in [5, 5.41) is 0. The number of hydrogen-bond acceptors (Lipinski definition) is 6. The van der Waals surface area contributed by atoms with Crippen LogP contribution < -0.4 is 9.47 Å². The highest BCUT2D eigenvalue weighted by Crippen LogP contribution is 2.21. The lowest BCUT2D eigenvalue weighted by Crippen LogP contribution is -2.08. The fourth-order valence-corrected chi connectivity index (χ4v) is 2.80. The third-order valence-electron chi connectivity index (χ3n) is 4.36. The average molecular weight is 399 g/mol. The predicted octanol–water partition coefficient (Wildman–Crippen LogP) is 4.26. The van der Waals surface area contributed by atoms with Crippen molar-refractivity contribution < 1.29 is 23.8 Å². The van der Waals surface area contributed by atoms with E-state index in [1.807, 2.05) is 30.3 Å². The van der Waals surface area contributed by atoms with Gasteiger partial charge in [-0.05, 0) is 60.2 Å². The zero-order valence-corrected chi connectivity index (χ0v) is 16.1. The number of cyclic esters (lactones) is 1. The van der Waals surface area contributed by atoms with E-state index in [-0.39, 0.29) is 11.6 Å². The highest BCUT2D eigenvalue weighted by Gasteiger charge is 2.23. The summed E-state index contributed by atoms with van der Waals surface area (Å²) in [5.41, 5.74) is 2.08. The average Bonchev–Trinajstić information content (AvgIpc) is 3.16. The smallest absolute Gasteiger partial charge is 0.363 e. The molecule has 0 spiro atoms. The second-order valence-electron chi connectivity index (χ2n) is 6.39. The van der Waals surface area contributed by atoms with E-state index in [0.29, 0.717) is 17.1 Å². The lowest BCUT2D eigenvalue weighted by molar-refractivity contribution is -0.129. The molecule has 4 rings (SSSR count). The number of nitrogens with zero attached hydrogens (tertiary/aromatic N) is 1. The summed E-state index contributed by atoms with van der Waals surface area (Å²) >= 11 is 0. The number of carbonyl (C=O) groups excluding carboxylic acids is 2. The Labute approximate surface area is 173 Å². The first kappa shape index (κ1) is 19.1. The van der Waals surface area contributed by atoms with Gasteiger partial charge in [0.1, 0.15) is 11.5 Å². The zero-order chi connectivity index (χ0) is 20.9. The van der Waals surface area contributed by atoms with Crippen molar-refractivity contribution in [3.63, 3.8) is 0 Å². The van der Waals surface area contributed by atoms with E-state index in [0.717, 1.165) is 11.1 Å². The van der Waals surface area contributed by atoms with Crippen molar-refractivity contribution in [3.05, 3.63) is 101 Å². The van der Waals surface area contributed by atoms with Crippen LogP contribution in [0.5, 0.6) is 11.5 Å². The minimum absolute atomic E-state index is 0.205. The van der Waals surface area contributed by atoms with Crippen molar-refractivity contribution in [1.29, 1.82) is 0 Å². The molecule has 0 N–H and O–H groups in total. The number of carbonyl (C=O) groups is 2. The highest BCUT2D eigenvalue weighted by atomic mass is 16.6. The second-order valence-corrected chi connectivity index (χ2v) is 6.39. The molecule has 0 saturated carbocycles. The van der Waals surface area contributed by atoms with Crippen molar-refractivity contribution in [1.82, 2.24) is 0 Å². The standard InChI is InChI=1S/C24H17NO5/c1-28-19-13-9-18(10-14-19)23(26)29-20-11-7-16(8-12-20)15-21-24(27)30-22(25-21)17-5-3-2-4-6-17/h2-15H,1H3. The third kappa shape index (κ3) is 4.28. The fraction of sp³-hybridized carbons (Fsp3) is 0.0417. The van der Waals surface area contributed by atoms with Crippen LogP contribution in [0.25, 0.3) is 6.08 Å². The first-order chi connectivity index (χ1) is 14.6. The van der Waals surface area contributed by atoms with Crippen LogP contribution in [-0.2, 0) is 9.53 Å². The summed E-state index contributed by atoms with van der Waals surface area (Å²) in [6, 6.07) is 22.6. The van der Waals surface area contributed by atoms with Crippen LogP contribution in [0.3, 0.4) is 0 Å². The van der Waals surface area contributed by atoms with Crippen molar-refractivity contribution in [3.8, 4) is 11.5 Å². The molecule has 0 bridgehead atoms. The molecule has 0 saturated heterocycles. The molecular weight excluding hydrogens is 382 g/mol. The molecule has 1 aliphatic rings. The molecule has 0 atom stereocenters. The van der Waals surface area contributed by atoms with Crippen molar-refractivity contribution >= 4 is 23.9 Å². The van der Waals surface area contributed by atoms with E-state index in [1.54, 1.807) is 61.7 Å². The van der Waals surface area contributed by atoms with E-state index >= 15 is 0 Å². The third-order valence-corrected chi connectivity index (χ3v) is 4.36. The van der Waals surface area contributed by atoms with Crippen molar-refractivity contribution in [2.24, 2.45) is 4.99 Å². The van der Waals surface area contributed by atoms with Gasteiger partial charge in [-0.3, -0.25) is 0 Å². The molecule has 1 aliphatic heterocycles. The molecule has 6 heteroatoms. The number of hydrogen-bond donors (Lipinski definition) is 0. The summed E-state index contributed by atoms with van der Waals surface area (Å²) in [7, 11) is 1.56. The zero-order valence-electron chi connectivity index (χ0n) is 16.1. The summed E-state index contributed by atoms with van der Waals surface area (Å²) in [4.78, 5) is 28.6. The van der Waals surface area contributed by atoms with E-state index < -0.39 is 11.9 Å². The van der Waals surface area contributed by atoms with Crippen LogP contribution in [0.15, 0.2) is 89.6 Å². The number of benzene rings is 3. The van der Waals surface area contributed by atoms with E-state index in [4.69, 9.17) is 14.2 Å². The largest absolute Gasteiger partial charge is 0.497 e. The van der Waals surface area contributed by atoms with Crippen LogP contribution in [-0.4, -0.2) is 24.9 Å². The molecule has 0 fully saturated rings. The minimum atomic E-state index is -0.510. The van der Waals surface area contributed by atoms with Gasteiger partial charge < -0.3 is 14.2 Å². The van der Waals surface area contributed by atoms with Gasteiger partial charge in [0.15, 0.2) is 5.70 Å². The van der Waals surface area contributed by atoms with Gasteiger partial charge >= 0.3 is 11.9 Å². The Bertz CT molecular complexity index is 1130. The van der Waals surface area contributed by atoms with Gasteiger partial charge in [-0.1, -0.05) is 30.3 Å². The quantitative estimate of drug-likeness (QED) is 0.364. The Morgan fingerprint density at radius 1 is 0.900 bits per heavy atom. The van der Waals surface area contributed by atoms with Gasteiger partial charge in [-0.15, -0.1) is 0 Å². The Morgan fingerprint density at radius 3 is 2.23 bits per heavy atom. The summed E-state index contributed by atoms with van der Waals surface area (Å²) in [5.74, 6) is 0.342. The molecule has 0 amide bonds. The van der Waals surface area contributed by atoms with E-state index in [2.05, 4.69) is 4.99 Å². The maximum absolute atomic E-state index is 12.2. The summed E-state index contributed by atoms with van der Waals surface area (Å²) in [6.45, 7) is 0. The molecule has 0 aliphatic carbocycles. The Kier molecular flexibility index (Phi) is 5.39. The first-order valence-electron chi connectivity index (χ1n) is 9.17. The van der Waals surface area contributed by atoms with E-state index in [1.165, 1.54) is 0 Å². The molecule has 6 nitrogen and oxygen atoms in total. The Morgan fingerprint density at radius 2 is 1.57 bits per heavy atom. The van der Waals surface area contributed by atoms with Crippen LogP contribution >= 0.6 is 0 Å². The van der Waals surface area contributed by atoms with Gasteiger partial charge in [0.05, 0.1) is 12.7 Å². The van der Waals surface area contributed by atoms with Crippen LogP contribution in [0.4, 0.5) is 0 Å². The topological polar surface area (TPSA) is 74.2 Å². The monoisotopic (exact) mass is 399 g/mol. The second kappa shape index (κ2) is 8.45. The van der Waals surface area contributed by atoms with Crippen LogP contribution in [0, 0.1) is 0 Å². The highest BCUT2D eigenvalue weighted by molar-refractivity contribution is 6.12. The number of esters is 2. The molecule has 0 radical (unpaired) electrons. The van der Waals surface area contributed by atoms with Gasteiger partial charge in [0, 0.05) is 5.56 Å². The fourth-order valence-electron chi connectivity index (χ4n) is 2.80. The summed E-state index contributed by atoms with van der Waals surface area (Å²) in [6.07, 6.45) is 1.62. The number of methoxy groups -OCH3 is 1. The molecule has 0 unspecified atom stereocenters. The number of aliphatic imine (C=N–C) groups is 1. The first-order valence-corrected chi connectivity index (χ1v) is 9.17. The number of ether oxygens (including phenoxy) is 3. The molecule has 30 heavy (non-hydrogen) atoms. The Hall–Kier alpha value is -4.19. The van der Waals surface area contributed by atoms with Gasteiger partial charge in [0.2, 0.25) is 5.90 Å². The molecule has 1 heterocycles. The van der Waals surface area contributed by atoms with E-state index in [9.17, 15) is 9.59 Å². The van der Waals surface area contributed by atoms with Crippen LogP contribution in [0.2, 0.25) is 0 Å². The lowest BCUT2D eigenvalue weighted by Gasteiger charge is -2.05. The van der Waals surface area contributed by atoms with Crippen molar-refractivity contribution in [2.45, 2.75) is 0 Å². The minimum Gasteiger partial charge on any atom is -0.497 e. The maximum Gasteiger partial charge on any atom is 0.363 e. The molecular formula is C24H17NO5. The van der Waals surface area contributed by atoms with Gasteiger partial charge in [-0.2, -0.15) is 0 Å². The predicted molar refractivity (Wildman–Crippen MR) is 111 cm³/mol. The Balaban J connectivity index is 1.46. The SMILES string of the molecule is COc1ccc(C(=O)Oc2ccc(C=C3N=C(c4ccccc4)OC3=O)cc2)cc1. The molecule has 0 aromatic heterocycles. The van der Waals surface area contributed by atoms with Crippen molar-refractivity contribution in [2.75, 3.05) is 7.11 Å². The number of rotatable bonds is 5. The van der Waals surface area contributed by atoms with Gasteiger partial charge in [-0.25, -0.2) is 14.6 Å². The molecule has 148 valence electrons. The maximum atomic E-state index is 12.2. The molecule has 3 aromatic rings. The van der Waals surface area contributed by atoms with Crippen LogP contribution in [0.1, 0.15) is 21.5 Å². The summed E-state index contributed by atoms with van der Waals surface area (Å²) < 4.78 is 15.7. The van der Waals surface area contributed by atoms with Gasteiger partial charge in [0.25, 0.3) is 0 Å². The lowest BCUT2D eigenvalue weighted by atomic mass is 10.2. The normalized spacial score (nSPS) is 14.2.